The fourth-order valence-corrected chi connectivity index (χ4v) is 2.84. The second-order valence-corrected chi connectivity index (χ2v) is 7.59. The zero-order valence-corrected chi connectivity index (χ0v) is 16.4. The van der Waals surface area contributed by atoms with Crippen molar-refractivity contribution in [1.29, 1.82) is 0 Å². The summed E-state index contributed by atoms with van der Waals surface area (Å²) in [4.78, 5) is 0. The highest BCUT2D eigenvalue weighted by Gasteiger charge is 2.51. The van der Waals surface area contributed by atoms with Crippen LogP contribution in [-0.4, -0.2) is 25.4 Å². The highest BCUT2D eigenvalue weighted by atomic mass is 19.4. The third-order valence-corrected chi connectivity index (χ3v) is 5.12. The Kier molecular flexibility index (Phi) is 5.14. The van der Waals surface area contributed by atoms with E-state index in [0.29, 0.717) is 0 Å². The predicted molar refractivity (Wildman–Crippen MR) is 100 cm³/mol. The van der Waals surface area contributed by atoms with Crippen LogP contribution in [0.2, 0.25) is 0 Å². The van der Waals surface area contributed by atoms with Crippen molar-refractivity contribution < 1.29 is 32.0 Å². The highest BCUT2D eigenvalue weighted by molar-refractivity contribution is 6.62. The van der Waals surface area contributed by atoms with Gasteiger partial charge in [0.05, 0.1) is 18.3 Å². The number of methoxy groups -OCH3 is 1. The molecule has 0 N–H and O–H groups in total. The molecule has 28 heavy (non-hydrogen) atoms. The van der Waals surface area contributed by atoms with Crippen molar-refractivity contribution in [2.24, 2.45) is 0 Å². The van der Waals surface area contributed by atoms with Crippen LogP contribution in [0.1, 0.15) is 33.3 Å². The summed E-state index contributed by atoms with van der Waals surface area (Å²) in [5, 5.41) is 0. The first-order valence-electron chi connectivity index (χ1n) is 8.82. The van der Waals surface area contributed by atoms with E-state index in [2.05, 4.69) is 0 Å². The van der Waals surface area contributed by atoms with E-state index < -0.39 is 30.1 Å². The van der Waals surface area contributed by atoms with E-state index >= 15 is 0 Å². The summed E-state index contributed by atoms with van der Waals surface area (Å²) in [5.74, 6) is -0.354. The number of hydrogen-bond donors (Lipinski definition) is 0. The van der Waals surface area contributed by atoms with Crippen LogP contribution >= 0.6 is 0 Å². The largest absolute Gasteiger partial charge is 0.496 e. The summed E-state index contributed by atoms with van der Waals surface area (Å²) in [6, 6.07) is 10.5. The van der Waals surface area contributed by atoms with Gasteiger partial charge >= 0.3 is 13.3 Å². The quantitative estimate of drug-likeness (QED) is 0.698. The van der Waals surface area contributed by atoms with Crippen molar-refractivity contribution in [1.82, 2.24) is 0 Å². The van der Waals surface area contributed by atoms with E-state index in [0.717, 1.165) is 5.46 Å². The maximum Gasteiger partial charge on any atom is 0.494 e. The molecule has 0 spiro atoms. The molecule has 1 fully saturated rings. The van der Waals surface area contributed by atoms with Gasteiger partial charge in [0.25, 0.3) is 0 Å². The third kappa shape index (κ3) is 3.84. The van der Waals surface area contributed by atoms with Gasteiger partial charge in [0.15, 0.2) is 0 Å². The number of halogens is 3. The second-order valence-electron chi connectivity index (χ2n) is 7.59. The molecule has 0 radical (unpaired) electrons. The van der Waals surface area contributed by atoms with Crippen molar-refractivity contribution in [2.75, 3.05) is 7.11 Å². The van der Waals surface area contributed by atoms with Crippen molar-refractivity contribution in [2.45, 2.75) is 45.1 Å². The molecule has 0 aliphatic carbocycles. The Hall–Kier alpha value is -2.19. The maximum atomic E-state index is 13.4. The maximum absolute atomic E-state index is 13.4. The second kappa shape index (κ2) is 7.01. The Balaban J connectivity index is 1.83. The molecule has 4 nitrogen and oxygen atoms in total. The monoisotopic (exact) mass is 394 g/mol. The highest BCUT2D eigenvalue weighted by Crippen LogP contribution is 2.43. The standard InChI is InChI=1S/C20H22BF3O4/c1-18(2)19(3,4)28-21(27-18)13-9-11-14(12-10-13)26-16-8-6-7-15(25-5)17(16)20(22,23)24/h6-12H,1-5H3. The number of alkyl halides is 3. The predicted octanol–water partition coefficient (Wildman–Crippen LogP) is 4.81. The summed E-state index contributed by atoms with van der Waals surface area (Å²) in [6.07, 6.45) is -4.61. The first-order valence-corrected chi connectivity index (χ1v) is 8.82. The minimum Gasteiger partial charge on any atom is -0.496 e. The summed E-state index contributed by atoms with van der Waals surface area (Å²) >= 11 is 0. The lowest BCUT2D eigenvalue weighted by atomic mass is 9.79. The Morgan fingerprint density at radius 2 is 1.39 bits per heavy atom. The van der Waals surface area contributed by atoms with Gasteiger partial charge in [0.1, 0.15) is 22.8 Å². The van der Waals surface area contributed by atoms with Gasteiger partial charge < -0.3 is 18.8 Å². The lowest BCUT2D eigenvalue weighted by molar-refractivity contribution is -0.139. The van der Waals surface area contributed by atoms with Crippen molar-refractivity contribution in [3.05, 3.63) is 48.0 Å². The van der Waals surface area contributed by atoms with Crippen LogP contribution in [0.4, 0.5) is 13.2 Å². The Morgan fingerprint density at radius 1 is 0.857 bits per heavy atom. The first-order chi connectivity index (χ1) is 12.9. The zero-order chi connectivity index (χ0) is 20.7. The van der Waals surface area contributed by atoms with Gasteiger partial charge in [-0.3, -0.25) is 0 Å². The molecule has 150 valence electrons. The van der Waals surface area contributed by atoms with Crippen molar-refractivity contribution >= 4 is 12.6 Å². The summed E-state index contributed by atoms with van der Waals surface area (Å²) < 4.78 is 62.5. The zero-order valence-electron chi connectivity index (χ0n) is 16.4. The van der Waals surface area contributed by atoms with E-state index in [1.807, 2.05) is 27.7 Å². The van der Waals surface area contributed by atoms with E-state index in [1.54, 1.807) is 24.3 Å². The molecule has 0 atom stereocenters. The molecule has 1 aliphatic rings. The number of hydrogen-bond acceptors (Lipinski definition) is 4. The van der Waals surface area contributed by atoms with Crippen LogP contribution in [0.3, 0.4) is 0 Å². The average Bonchev–Trinajstić information content (AvgIpc) is 2.82. The van der Waals surface area contributed by atoms with Gasteiger partial charge in [-0.15, -0.1) is 0 Å². The molecule has 8 heteroatoms. The van der Waals surface area contributed by atoms with Gasteiger partial charge in [-0.1, -0.05) is 18.2 Å². The van der Waals surface area contributed by atoms with Crippen LogP contribution in [0.25, 0.3) is 0 Å². The van der Waals surface area contributed by atoms with Gasteiger partial charge in [0, 0.05) is 0 Å². The topological polar surface area (TPSA) is 36.9 Å². The molecule has 1 saturated heterocycles. The van der Waals surface area contributed by atoms with Crippen LogP contribution in [-0.2, 0) is 15.5 Å². The van der Waals surface area contributed by atoms with E-state index in [-0.39, 0.29) is 17.2 Å². The number of benzene rings is 2. The van der Waals surface area contributed by atoms with E-state index in [4.69, 9.17) is 18.8 Å². The van der Waals surface area contributed by atoms with Crippen LogP contribution in [0, 0.1) is 0 Å². The van der Waals surface area contributed by atoms with Gasteiger partial charge in [0.2, 0.25) is 0 Å². The molecule has 0 saturated carbocycles. The van der Waals surface area contributed by atoms with Crippen LogP contribution in [0.5, 0.6) is 17.2 Å². The van der Waals surface area contributed by atoms with Gasteiger partial charge in [-0.2, -0.15) is 13.2 Å². The Labute approximate surface area is 162 Å². The minimum atomic E-state index is -4.61. The molecule has 1 aliphatic heterocycles. The minimum absolute atomic E-state index is 0.263. The molecule has 2 aromatic rings. The molecule has 3 rings (SSSR count). The molecule has 0 amide bonds. The van der Waals surface area contributed by atoms with Gasteiger partial charge in [-0.25, -0.2) is 0 Å². The van der Waals surface area contributed by atoms with E-state index in [1.165, 1.54) is 25.3 Å². The van der Waals surface area contributed by atoms with Gasteiger partial charge in [-0.05, 0) is 57.4 Å². The van der Waals surface area contributed by atoms with E-state index in [9.17, 15) is 13.2 Å². The fraction of sp³-hybridized carbons (Fsp3) is 0.400. The lowest BCUT2D eigenvalue weighted by Crippen LogP contribution is -2.41. The molecule has 0 aromatic heterocycles. The smallest absolute Gasteiger partial charge is 0.494 e. The molecule has 2 aromatic carbocycles. The summed E-state index contributed by atoms with van der Waals surface area (Å²) in [7, 11) is 0.634. The molecule has 0 bridgehead atoms. The summed E-state index contributed by atoms with van der Waals surface area (Å²) in [6.45, 7) is 7.80. The lowest BCUT2D eigenvalue weighted by Gasteiger charge is -2.32. The molecular weight excluding hydrogens is 372 g/mol. The number of rotatable bonds is 4. The summed E-state index contributed by atoms with van der Waals surface area (Å²) in [5.41, 5.74) is -1.15. The van der Waals surface area contributed by atoms with Crippen LogP contribution in [0.15, 0.2) is 42.5 Å². The number of ether oxygens (including phenoxy) is 2. The first kappa shape index (κ1) is 20.5. The normalized spacial score (nSPS) is 18.2. The van der Waals surface area contributed by atoms with Crippen molar-refractivity contribution in [3.8, 4) is 17.2 Å². The Bertz CT molecular complexity index is 832. The van der Waals surface area contributed by atoms with Crippen molar-refractivity contribution in [3.63, 3.8) is 0 Å². The van der Waals surface area contributed by atoms with Crippen LogP contribution < -0.4 is 14.9 Å². The molecular formula is C20H22BF3O4. The molecule has 1 heterocycles. The third-order valence-electron chi connectivity index (χ3n) is 5.12. The fourth-order valence-electron chi connectivity index (χ4n) is 2.84. The SMILES string of the molecule is COc1cccc(Oc2ccc(B3OC(C)(C)C(C)(C)O3)cc2)c1C(F)(F)F. The molecule has 0 unspecified atom stereocenters. The Morgan fingerprint density at radius 3 is 1.89 bits per heavy atom. The average molecular weight is 394 g/mol.